The van der Waals surface area contributed by atoms with Crippen LogP contribution >= 0.6 is 0 Å². The third-order valence-corrected chi connectivity index (χ3v) is 12.7. The van der Waals surface area contributed by atoms with Gasteiger partial charge in [0.25, 0.3) is 5.91 Å². The molecule has 3 aromatic rings. The highest BCUT2D eigenvalue weighted by atomic mass is 28.4. The number of carbonyl (C=O) groups excluding carboxylic acids is 3. The number of hydrogen-bond donors (Lipinski definition) is 1. The van der Waals surface area contributed by atoms with Crippen molar-refractivity contribution in [3.63, 3.8) is 0 Å². The molecule has 3 aliphatic heterocycles. The van der Waals surface area contributed by atoms with Gasteiger partial charge in [0, 0.05) is 48.4 Å². The lowest BCUT2D eigenvalue weighted by Gasteiger charge is -2.31. The van der Waals surface area contributed by atoms with Crippen molar-refractivity contribution in [3.8, 4) is 0 Å². The van der Waals surface area contributed by atoms with Gasteiger partial charge in [-0.3, -0.25) is 19.2 Å². The summed E-state index contributed by atoms with van der Waals surface area (Å²) in [6, 6.07) is 15.0. The molecule has 0 aliphatic carbocycles. The van der Waals surface area contributed by atoms with Crippen LogP contribution in [0.3, 0.4) is 0 Å². The number of aliphatic hydroxyl groups is 1. The summed E-state index contributed by atoms with van der Waals surface area (Å²) in [6.45, 7) is 6.43. The average molecular weight is 694 g/mol. The Labute approximate surface area is 286 Å². The quantitative estimate of drug-likeness (QED) is 0.115. The summed E-state index contributed by atoms with van der Waals surface area (Å²) >= 11 is 0. The molecule has 0 radical (unpaired) electrons. The second kappa shape index (κ2) is 14.0. The molecule has 14 heteroatoms. The normalized spacial score (nSPS) is 24.1. The Balaban J connectivity index is 1.30. The van der Waals surface area contributed by atoms with Gasteiger partial charge >= 0.3 is 12.1 Å². The number of carbonyl (C=O) groups is 3. The van der Waals surface area contributed by atoms with Gasteiger partial charge in [0.2, 0.25) is 8.41 Å². The lowest BCUT2D eigenvalue weighted by Crippen LogP contribution is -2.45. The molecule has 1 N–H and O–H groups in total. The van der Waals surface area contributed by atoms with Crippen LogP contribution in [0.1, 0.15) is 55.3 Å². The van der Waals surface area contributed by atoms with Crippen molar-refractivity contribution in [2.75, 3.05) is 43.2 Å². The Morgan fingerprint density at radius 3 is 2.61 bits per heavy atom. The van der Waals surface area contributed by atoms with E-state index in [0.717, 1.165) is 5.56 Å². The highest BCUT2D eigenvalue weighted by Crippen LogP contribution is 2.60. The molecular weight excluding hydrogens is 649 g/mol. The zero-order valence-electron chi connectivity index (χ0n) is 28.4. The number of unbranched alkanes of at least 4 members (excludes halogenated alkanes) is 1. The zero-order chi connectivity index (χ0) is 34.9. The Morgan fingerprint density at radius 2 is 1.94 bits per heavy atom. The summed E-state index contributed by atoms with van der Waals surface area (Å²) in [6.07, 6.45) is 2.43. The topological polar surface area (TPSA) is 136 Å². The van der Waals surface area contributed by atoms with E-state index in [0.29, 0.717) is 61.5 Å². The number of cyclic esters (lactones) is 1. The van der Waals surface area contributed by atoms with E-state index in [4.69, 9.17) is 14.2 Å². The monoisotopic (exact) mass is 693 g/mol. The summed E-state index contributed by atoms with van der Waals surface area (Å²) in [7, 11) is -2.08. The second-order valence-electron chi connectivity index (χ2n) is 13.6. The molecule has 0 saturated carbocycles. The van der Waals surface area contributed by atoms with E-state index in [2.05, 4.69) is 10.3 Å². The van der Waals surface area contributed by atoms with E-state index < -0.39 is 37.7 Å². The standard InChI is InChI=1S/C35H44FN5O7Si/c1-23-32(49(3,4)36)30(15-17-39-21-28(37-38-39)26(22-42)24-10-6-5-7-11-24)48-35(23)27-20-25(40-18-19-47-34(40)45)13-14-29(27)41(33(35)44)16-9-8-12-31(43)46-2/h5-7,10-11,13-14,20-21,23,26,30,32,42H,8-9,12,15-19,22H2,1-4H3/t23-,26?,30+,32-,35+/m0/s1. The van der Waals surface area contributed by atoms with Gasteiger partial charge in [-0.2, -0.15) is 0 Å². The number of amides is 2. The van der Waals surface area contributed by atoms with Crippen molar-refractivity contribution in [3.05, 3.63) is 71.5 Å². The van der Waals surface area contributed by atoms with Crippen LogP contribution in [0.15, 0.2) is 54.7 Å². The van der Waals surface area contributed by atoms with Crippen LogP contribution in [0, 0.1) is 5.92 Å². The van der Waals surface area contributed by atoms with Gasteiger partial charge in [-0.15, -0.1) is 5.10 Å². The number of hydrogen-bond acceptors (Lipinski definition) is 9. The molecule has 1 spiro atoms. The first kappa shape index (κ1) is 34.7. The molecule has 2 amide bonds. The van der Waals surface area contributed by atoms with Gasteiger partial charge in [0.15, 0.2) is 5.60 Å². The Bertz CT molecular complexity index is 1680. The molecule has 12 nitrogen and oxygen atoms in total. The molecule has 0 bridgehead atoms. The number of aryl methyl sites for hydroxylation is 1. The maximum absolute atomic E-state index is 16.4. The van der Waals surface area contributed by atoms with Gasteiger partial charge in [-0.05, 0) is 56.1 Å². The van der Waals surface area contributed by atoms with Crippen LogP contribution in [0.4, 0.5) is 20.3 Å². The number of methoxy groups -OCH3 is 1. The number of rotatable bonds is 13. The minimum Gasteiger partial charge on any atom is -0.469 e. The van der Waals surface area contributed by atoms with Crippen LogP contribution in [-0.4, -0.2) is 86.0 Å². The summed E-state index contributed by atoms with van der Waals surface area (Å²) in [5.74, 6) is -1.43. The Hall–Kier alpha value is -4.14. The van der Waals surface area contributed by atoms with E-state index in [9.17, 15) is 19.5 Å². The molecule has 6 rings (SSSR count). The van der Waals surface area contributed by atoms with E-state index in [1.165, 1.54) is 12.0 Å². The van der Waals surface area contributed by atoms with Crippen molar-refractivity contribution < 1.29 is 37.8 Å². The fourth-order valence-electron chi connectivity index (χ4n) is 7.86. The number of benzene rings is 2. The smallest absolute Gasteiger partial charge is 0.414 e. The molecule has 2 saturated heterocycles. The zero-order valence-corrected chi connectivity index (χ0v) is 29.4. The number of halogens is 1. The molecule has 1 aromatic heterocycles. The van der Waals surface area contributed by atoms with Crippen LogP contribution in [0.5, 0.6) is 0 Å². The molecule has 1 unspecified atom stereocenters. The van der Waals surface area contributed by atoms with Crippen LogP contribution in [-0.2, 0) is 35.9 Å². The first-order valence-corrected chi connectivity index (χ1v) is 19.8. The molecule has 3 aliphatic rings. The van der Waals surface area contributed by atoms with Crippen molar-refractivity contribution in [2.24, 2.45) is 5.92 Å². The van der Waals surface area contributed by atoms with Gasteiger partial charge in [-0.25, -0.2) is 4.79 Å². The lowest BCUT2D eigenvalue weighted by atomic mass is 9.82. The minimum atomic E-state index is -3.43. The Morgan fingerprint density at radius 1 is 1.16 bits per heavy atom. The fraction of sp³-hybridized carbons (Fsp3) is 0.514. The molecular formula is C35H44FN5O7Si. The number of ether oxygens (including phenoxy) is 3. The fourth-order valence-corrected chi connectivity index (χ4v) is 10.4. The molecule has 2 fully saturated rings. The molecule has 262 valence electrons. The SMILES string of the molecule is COC(=O)CCCCN1C(=O)[C@]2(O[C@H](CCn3cc(C(CO)c4ccccc4)nn3)[C@@H]([Si](C)(C)F)[C@@H]2C)c2cc(N3CCOC3=O)ccc21. The predicted octanol–water partition coefficient (Wildman–Crippen LogP) is 4.91. The molecule has 2 aromatic carbocycles. The lowest BCUT2D eigenvalue weighted by molar-refractivity contribution is -0.146. The van der Waals surface area contributed by atoms with Crippen molar-refractivity contribution in [1.82, 2.24) is 15.0 Å². The van der Waals surface area contributed by atoms with E-state index in [1.807, 2.05) is 49.4 Å². The Kier molecular flexibility index (Phi) is 9.92. The van der Waals surface area contributed by atoms with Crippen molar-refractivity contribution in [1.29, 1.82) is 0 Å². The minimum absolute atomic E-state index is 0.129. The molecule has 4 heterocycles. The van der Waals surface area contributed by atoms with Gasteiger partial charge in [-0.1, -0.05) is 42.5 Å². The summed E-state index contributed by atoms with van der Waals surface area (Å²) < 4.78 is 34.9. The number of esters is 1. The number of aliphatic hydroxyl groups excluding tert-OH is 1. The van der Waals surface area contributed by atoms with Gasteiger partial charge in [0.05, 0.1) is 43.7 Å². The van der Waals surface area contributed by atoms with Crippen molar-refractivity contribution >= 4 is 37.8 Å². The van der Waals surface area contributed by atoms with Crippen LogP contribution < -0.4 is 9.80 Å². The molecule has 5 atom stereocenters. The number of fused-ring (bicyclic) bond motifs is 2. The second-order valence-corrected chi connectivity index (χ2v) is 17.4. The first-order valence-electron chi connectivity index (χ1n) is 16.9. The highest BCUT2D eigenvalue weighted by Gasteiger charge is 2.66. The van der Waals surface area contributed by atoms with E-state index >= 15 is 4.11 Å². The van der Waals surface area contributed by atoms with Crippen molar-refractivity contribution in [2.45, 2.75) is 75.4 Å². The summed E-state index contributed by atoms with van der Waals surface area (Å²) in [4.78, 5) is 42.1. The predicted molar refractivity (Wildman–Crippen MR) is 181 cm³/mol. The van der Waals surface area contributed by atoms with Crippen LogP contribution in [0.25, 0.3) is 0 Å². The third kappa shape index (κ3) is 6.48. The van der Waals surface area contributed by atoms with E-state index in [1.54, 1.807) is 34.9 Å². The van der Waals surface area contributed by atoms with E-state index in [-0.39, 0.29) is 37.4 Å². The van der Waals surface area contributed by atoms with Gasteiger partial charge < -0.3 is 28.3 Å². The third-order valence-electron chi connectivity index (χ3n) is 10.2. The maximum Gasteiger partial charge on any atom is 0.414 e. The number of aromatic nitrogens is 3. The summed E-state index contributed by atoms with van der Waals surface area (Å²) in [5.41, 5.74) is 1.40. The number of nitrogens with zero attached hydrogens (tertiary/aromatic N) is 5. The summed E-state index contributed by atoms with van der Waals surface area (Å²) in [5, 5.41) is 18.8. The van der Waals surface area contributed by atoms with Gasteiger partial charge in [0.1, 0.15) is 6.61 Å². The average Bonchev–Trinajstić information content (AvgIpc) is 3.85. The van der Waals surface area contributed by atoms with Crippen LogP contribution in [0.2, 0.25) is 18.6 Å². The number of anilines is 2. The largest absolute Gasteiger partial charge is 0.469 e. The molecule has 49 heavy (non-hydrogen) atoms. The first-order chi connectivity index (χ1) is 23.5. The highest BCUT2D eigenvalue weighted by molar-refractivity contribution is 6.72. The maximum atomic E-state index is 16.4.